The van der Waals surface area contributed by atoms with Crippen LogP contribution in [0.25, 0.3) is 16.8 Å². The Kier molecular flexibility index (Phi) is 6.93. The van der Waals surface area contributed by atoms with E-state index in [1.807, 2.05) is 42.5 Å². The summed E-state index contributed by atoms with van der Waals surface area (Å²) in [6, 6.07) is 20.8. The molecule has 0 fully saturated rings. The predicted molar refractivity (Wildman–Crippen MR) is 134 cm³/mol. The number of carbonyl (C=O) groups excluding carboxylic acids is 1. The van der Waals surface area contributed by atoms with E-state index in [0.717, 1.165) is 16.3 Å². The Morgan fingerprint density at radius 2 is 1.66 bits per heavy atom. The van der Waals surface area contributed by atoms with Crippen molar-refractivity contribution in [2.75, 3.05) is 24.3 Å². The summed E-state index contributed by atoms with van der Waals surface area (Å²) in [6.45, 7) is 0. The van der Waals surface area contributed by atoms with E-state index >= 15 is 0 Å². The molecule has 1 amide bonds. The number of ether oxygens (including phenoxy) is 2. The lowest BCUT2D eigenvalue weighted by Crippen LogP contribution is -2.15. The van der Waals surface area contributed by atoms with Crippen LogP contribution in [0.15, 0.2) is 83.8 Å². The summed E-state index contributed by atoms with van der Waals surface area (Å²) < 4.78 is 37.8. The minimum absolute atomic E-state index is 0.00958. The third-order valence-electron chi connectivity index (χ3n) is 4.98. The number of hydrogen-bond acceptors (Lipinski definition) is 7. The van der Waals surface area contributed by atoms with Crippen LogP contribution in [0.1, 0.15) is 5.56 Å². The van der Waals surface area contributed by atoms with Crippen molar-refractivity contribution >= 4 is 44.3 Å². The number of nitrogens with one attached hydrogen (secondary N) is 2. The van der Waals surface area contributed by atoms with Gasteiger partial charge in [0.25, 0.3) is 10.0 Å². The number of anilines is 2. The molecule has 178 valence electrons. The first-order valence-electron chi connectivity index (χ1n) is 10.4. The highest BCUT2D eigenvalue weighted by Gasteiger charge is 2.17. The SMILES string of the molecule is COc1cc(NS(=O)(=O)c2ccc(NC(=O)/C=C/c3cccc4ccccc34)cc2)nc(OC)n1. The van der Waals surface area contributed by atoms with Crippen molar-refractivity contribution in [3.05, 3.63) is 84.4 Å². The molecule has 0 aliphatic rings. The van der Waals surface area contributed by atoms with E-state index in [1.165, 1.54) is 50.6 Å². The van der Waals surface area contributed by atoms with Crippen LogP contribution in [0.5, 0.6) is 11.9 Å². The average Bonchev–Trinajstić information content (AvgIpc) is 2.87. The van der Waals surface area contributed by atoms with Crippen molar-refractivity contribution in [3.8, 4) is 11.9 Å². The highest BCUT2D eigenvalue weighted by molar-refractivity contribution is 7.92. The summed E-state index contributed by atoms with van der Waals surface area (Å²) in [5.41, 5.74) is 1.37. The molecule has 0 spiro atoms. The van der Waals surface area contributed by atoms with Gasteiger partial charge in [0, 0.05) is 17.8 Å². The monoisotopic (exact) mass is 490 g/mol. The average molecular weight is 491 g/mol. The molecule has 0 unspecified atom stereocenters. The zero-order valence-corrected chi connectivity index (χ0v) is 19.7. The molecule has 4 rings (SSSR count). The van der Waals surface area contributed by atoms with Crippen LogP contribution in [0, 0.1) is 0 Å². The van der Waals surface area contributed by atoms with Gasteiger partial charge >= 0.3 is 6.01 Å². The predicted octanol–water partition coefficient (Wildman–Crippen LogP) is 4.10. The van der Waals surface area contributed by atoms with Gasteiger partial charge in [-0.25, -0.2) is 8.42 Å². The molecule has 10 heteroatoms. The second kappa shape index (κ2) is 10.2. The molecule has 0 aliphatic carbocycles. The fourth-order valence-corrected chi connectivity index (χ4v) is 4.30. The highest BCUT2D eigenvalue weighted by atomic mass is 32.2. The molecule has 0 saturated carbocycles. The molecular weight excluding hydrogens is 468 g/mol. The van der Waals surface area contributed by atoms with Gasteiger partial charge < -0.3 is 14.8 Å². The number of rotatable bonds is 8. The minimum atomic E-state index is -3.95. The largest absolute Gasteiger partial charge is 0.481 e. The summed E-state index contributed by atoms with van der Waals surface area (Å²) >= 11 is 0. The number of benzene rings is 3. The normalized spacial score (nSPS) is 11.4. The van der Waals surface area contributed by atoms with Crippen molar-refractivity contribution in [3.63, 3.8) is 0 Å². The zero-order chi connectivity index (χ0) is 24.8. The Hall–Kier alpha value is -4.44. The quantitative estimate of drug-likeness (QED) is 0.357. The Balaban J connectivity index is 1.44. The van der Waals surface area contributed by atoms with Crippen molar-refractivity contribution in [2.45, 2.75) is 4.90 Å². The summed E-state index contributed by atoms with van der Waals surface area (Å²) in [5, 5.41) is 4.85. The molecule has 0 aliphatic heterocycles. The highest BCUT2D eigenvalue weighted by Crippen LogP contribution is 2.22. The van der Waals surface area contributed by atoms with Gasteiger partial charge in [0.2, 0.25) is 11.8 Å². The Bertz CT molecular complexity index is 1470. The van der Waals surface area contributed by atoms with Crippen LogP contribution in [0.3, 0.4) is 0 Å². The minimum Gasteiger partial charge on any atom is -0.481 e. The maximum absolute atomic E-state index is 12.7. The van der Waals surface area contributed by atoms with Gasteiger partial charge in [0.15, 0.2) is 5.82 Å². The fraction of sp³-hybridized carbons (Fsp3) is 0.0800. The summed E-state index contributed by atoms with van der Waals surface area (Å²) in [4.78, 5) is 20.3. The standard InChI is InChI=1S/C25H22N4O5S/c1-33-24-16-22(27-25(28-24)34-2)29-35(31,32)20-13-11-19(12-14-20)26-23(30)15-10-18-8-5-7-17-6-3-4-9-21(17)18/h3-16H,1-2H3,(H,26,30)(H,27,28,29)/b15-10+. The summed E-state index contributed by atoms with van der Waals surface area (Å²) in [6.07, 6.45) is 3.18. The number of methoxy groups -OCH3 is 2. The molecule has 3 aromatic carbocycles. The molecule has 0 saturated heterocycles. The third kappa shape index (κ3) is 5.74. The number of amides is 1. The Morgan fingerprint density at radius 3 is 2.40 bits per heavy atom. The molecule has 0 bridgehead atoms. The first-order valence-corrected chi connectivity index (χ1v) is 11.9. The number of carbonyl (C=O) groups is 1. The number of fused-ring (bicyclic) bond motifs is 1. The molecule has 0 atom stereocenters. The van der Waals surface area contributed by atoms with E-state index in [0.29, 0.717) is 5.69 Å². The molecule has 1 heterocycles. The van der Waals surface area contributed by atoms with Gasteiger partial charge in [-0.3, -0.25) is 9.52 Å². The van der Waals surface area contributed by atoms with E-state index in [9.17, 15) is 13.2 Å². The summed E-state index contributed by atoms with van der Waals surface area (Å²) in [5.74, 6) is -0.208. The number of nitrogens with zero attached hydrogens (tertiary/aromatic N) is 2. The van der Waals surface area contributed by atoms with E-state index in [1.54, 1.807) is 6.08 Å². The number of hydrogen-bond donors (Lipinski definition) is 2. The lowest BCUT2D eigenvalue weighted by atomic mass is 10.0. The lowest BCUT2D eigenvalue weighted by molar-refractivity contribution is -0.111. The second-order valence-corrected chi connectivity index (χ2v) is 8.99. The van der Waals surface area contributed by atoms with E-state index in [4.69, 9.17) is 9.47 Å². The van der Waals surface area contributed by atoms with E-state index < -0.39 is 10.0 Å². The van der Waals surface area contributed by atoms with Crippen molar-refractivity contribution < 1.29 is 22.7 Å². The topological polar surface area (TPSA) is 120 Å². The van der Waals surface area contributed by atoms with E-state index in [-0.39, 0.29) is 28.5 Å². The Morgan fingerprint density at radius 1 is 0.914 bits per heavy atom. The van der Waals surface area contributed by atoms with Crippen LogP contribution in [-0.2, 0) is 14.8 Å². The second-order valence-electron chi connectivity index (χ2n) is 7.30. The number of sulfonamides is 1. The van der Waals surface area contributed by atoms with Crippen LogP contribution in [-0.4, -0.2) is 38.5 Å². The van der Waals surface area contributed by atoms with Gasteiger partial charge in [-0.05, 0) is 46.7 Å². The first kappa shape index (κ1) is 23.7. The van der Waals surface area contributed by atoms with Gasteiger partial charge in [0.1, 0.15) is 0 Å². The lowest BCUT2D eigenvalue weighted by Gasteiger charge is -2.10. The van der Waals surface area contributed by atoms with Crippen molar-refractivity contribution in [1.29, 1.82) is 0 Å². The Labute approximate surface area is 202 Å². The van der Waals surface area contributed by atoms with Gasteiger partial charge in [-0.15, -0.1) is 0 Å². The van der Waals surface area contributed by atoms with Crippen LogP contribution >= 0.6 is 0 Å². The van der Waals surface area contributed by atoms with Gasteiger partial charge in [-0.1, -0.05) is 42.5 Å². The third-order valence-corrected chi connectivity index (χ3v) is 6.35. The van der Waals surface area contributed by atoms with Crippen LogP contribution in [0.2, 0.25) is 0 Å². The first-order chi connectivity index (χ1) is 16.9. The maximum atomic E-state index is 12.7. The fourth-order valence-electron chi connectivity index (χ4n) is 3.31. The van der Waals surface area contributed by atoms with Crippen molar-refractivity contribution in [1.82, 2.24) is 9.97 Å². The van der Waals surface area contributed by atoms with E-state index in [2.05, 4.69) is 20.0 Å². The molecule has 1 aromatic heterocycles. The molecule has 2 N–H and O–H groups in total. The number of aromatic nitrogens is 2. The molecule has 4 aromatic rings. The molecule has 9 nitrogen and oxygen atoms in total. The van der Waals surface area contributed by atoms with Crippen molar-refractivity contribution in [2.24, 2.45) is 0 Å². The van der Waals surface area contributed by atoms with Crippen LogP contribution in [0.4, 0.5) is 11.5 Å². The molecule has 35 heavy (non-hydrogen) atoms. The molecular formula is C25H22N4O5S. The van der Waals surface area contributed by atoms with Gasteiger partial charge in [0.05, 0.1) is 19.1 Å². The maximum Gasteiger partial charge on any atom is 0.321 e. The summed E-state index contributed by atoms with van der Waals surface area (Å²) in [7, 11) is -1.20. The van der Waals surface area contributed by atoms with Crippen LogP contribution < -0.4 is 19.5 Å². The van der Waals surface area contributed by atoms with Gasteiger partial charge in [-0.2, -0.15) is 9.97 Å². The zero-order valence-electron chi connectivity index (χ0n) is 18.9. The molecule has 0 radical (unpaired) electrons. The smallest absolute Gasteiger partial charge is 0.321 e.